The number of para-hydroxylation sites is 2. The molecule has 2 aliphatic rings. The third-order valence-electron chi connectivity index (χ3n) is 7.00. The lowest BCUT2D eigenvalue weighted by Crippen LogP contribution is -2.50. The highest BCUT2D eigenvalue weighted by Crippen LogP contribution is 2.41. The normalized spacial score (nSPS) is 18.9. The molecule has 0 radical (unpaired) electrons. The number of hydrogen-bond donors (Lipinski definition) is 0. The van der Waals surface area contributed by atoms with Crippen LogP contribution in [0, 0.1) is 5.41 Å². The summed E-state index contributed by atoms with van der Waals surface area (Å²) in [5.74, 6) is 1.13. The van der Waals surface area contributed by atoms with Crippen LogP contribution < -0.4 is 0 Å². The Morgan fingerprint density at radius 2 is 1.59 bits per heavy atom. The molecular weight excluding hydrogens is 404 g/mol. The van der Waals surface area contributed by atoms with Crippen LogP contribution in [-0.2, 0) is 22.5 Å². The highest BCUT2D eigenvalue weighted by atomic mass is 16.6. The molecule has 174 valence electrons. The van der Waals surface area contributed by atoms with Crippen LogP contribution in [0.15, 0.2) is 24.3 Å². The summed E-state index contributed by atoms with van der Waals surface area (Å²) in [6.07, 6.45) is 4.58. The lowest BCUT2D eigenvalue weighted by molar-refractivity contribution is -0.134. The van der Waals surface area contributed by atoms with E-state index in [2.05, 4.69) is 11.5 Å². The molecule has 0 unspecified atom stereocenters. The Morgan fingerprint density at radius 3 is 2.19 bits per heavy atom. The molecule has 7 nitrogen and oxygen atoms in total. The molecule has 7 heteroatoms. The summed E-state index contributed by atoms with van der Waals surface area (Å²) in [5, 5.41) is 0. The number of rotatable bonds is 3. The van der Waals surface area contributed by atoms with Crippen LogP contribution in [-0.4, -0.2) is 63.1 Å². The molecule has 3 heterocycles. The van der Waals surface area contributed by atoms with Crippen molar-refractivity contribution in [2.75, 3.05) is 26.2 Å². The third kappa shape index (κ3) is 4.76. The van der Waals surface area contributed by atoms with Gasteiger partial charge in [-0.3, -0.25) is 4.79 Å². The lowest BCUT2D eigenvalue weighted by Gasteiger charge is -2.46. The standard InChI is InChI=1S/C25H36N4O3/c1-5-21-26-19-8-6-7-9-20(19)29(21)18-22(30)27-14-10-25(11-15-27)12-16-28(17-13-25)23(31)32-24(2,3)4/h6-9H,5,10-18H2,1-4H3. The van der Waals surface area contributed by atoms with E-state index in [9.17, 15) is 9.59 Å². The SMILES string of the molecule is CCc1nc2ccccc2n1CC(=O)N1CCC2(CC1)CCN(C(=O)OC(C)(C)C)CC2. The molecule has 0 N–H and O–H groups in total. The van der Waals surface area contributed by atoms with Gasteiger partial charge in [0.05, 0.1) is 11.0 Å². The van der Waals surface area contributed by atoms with Crippen molar-refractivity contribution < 1.29 is 14.3 Å². The lowest BCUT2D eigenvalue weighted by atomic mass is 9.71. The van der Waals surface area contributed by atoms with Gasteiger partial charge in [0.15, 0.2) is 0 Å². The number of aromatic nitrogens is 2. The summed E-state index contributed by atoms with van der Waals surface area (Å²) < 4.78 is 7.60. The zero-order valence-electron chi connectivity index (χ0n) is 19.9. The Labute approximate surface area is 190 Å². The molecule has 2 fully saturated rings. The molecule has 0 saturated carbocycles. The Kier molecular flexibility index (Phi) is 6.19. The predicted octanol–water partition coefficient (Wildman–Crippen LogP) is 4.24. The van der Waals surface area contributed by atoms with Gasteiger partial charge in [-0.15, -0.1) is 0 Å². The minimum atomic E-state index is -0.462. The molecule has 2 amide bonds. The van der Waals surface area contributed by atoms with E-state index in [0.717, 1.165) is 75.1 Å². The Bertz CT molecular complexity index is 973. The number of nitrogens with zero attached hydrogens (tertiary/aromatic N) is 4. The number of imidazole rings is 1. The molecule has 0 bridgehead atoms. The van der Waals surface area contributed by atoms with Crippen LogP contribution in [0.2, 0.25) is 0 Å². The summed E-state index contributed by atoms with van der Waals surface area (Å²) in [6, 6.07) is 8.03. The quantitative estimate of drug-likeness (QED) is 0.716. The minimum Gasteiger partial charge on any atom is -0.444 e. The van der Waals surface area contributed by atoms with E-state index >= 15 is 0 Å². The van der Waals surface area contributed by atoms with Crippen molar-refractivity contribution in [2.45, 2.75) is 71.9 Å². The molecule has 32 heavy (non-hydrogen) atoms. The first-order valence-electron chi connectivity index (χ1n) is 11.9. The second-order valence-electron chi connectivity index (χ2n) is 10.3. The predicted molar refractivity (Wildman–Crippen MR) is 124 cm³/mol. The van der Waals surface area contributed by atoms with E-state index in [4.69, 9.17) is 9.72 Å². The number of amides is 2. The zero-order valence-corrected chi connectivity index (χ0v) is 19.9. The highest BCUT2D eigenvalue weighted by Gasteiger charge is 2.40. The van der Waals surface area contributed by atoms with Crippen molar-refractivity contribution in [1.29, 1.82) is 0 Å². The van der Waals surface area contributed by atoms with Gasteiger partial charge in [-0.2, -0.15) is 0 Å². The number of aryl methyl sites for hydroxylation is 1. The third-order valence-corrected chi connectivity index (χ3v) is 7.00. The summed E-state index contributed by atoms with van der Waals surface area (Å²) in [7, 11) is 0. The maximum atomic E-state index is 13.1. The molecule has 2 aliphatic heterocycles. The first kappa shape index (κ1) is 22.6. The Balaban J connectivity index is 1.33. The molecule has 1 aromatic carbocycles. The molecule has 1 spiro atoms. The fourth-order valence-electron chi connectivity index (χ4n) is 5.03. The summed E-state index contributed by atoms with van der Waals surface area (Å²) in [6.45, 7) is 11.2. The van der Waals surface area contributed by atoms with Crippen molar-refractivity contribution in [3.8, 4) is 0 Å². The molecule has 0 aliphatic carbocycles. The number of hydrogen-bond acceptors (Lipinski definition) is 4. The van der Waals surface area contributed by atoms with Crippen LogP contribution >= 0.6 is 0 Å². The van der Waals surface area contributed by atoms with Gasteiger partial charge in [0.25, 0.3) is 0 Å². The Morgan fingerprint density at radius 1 is 1.00 bits per heavy atom. The average molecular weight is 441 g/mol. The second kappa shape index (κ2) is 8.75. The van der Waals surface area contributed by atoms with E-state index in [-0.39, 0.29) is 17.4 Å². The van der Waals surface area contributed by atoms with Crippen molar-refractivity contribution in [3.05, 3.63) is 30.1 Å². The van der Waals surface area contributed by atoms with Gasteiger partial charge in [0.1, 0.15) is 18.0 Å². The maximum Gasteiger partial charge on any atom is 0.410 e. The van der Waals surface area contributed by atoms with Crippen molar-refractivity contribution >= 4 is 23.0 Å². The number of carbonyl (C=O) groups is 2. The number of fused-ring (bicyclic) bond motifs is 1. The average Bonchev–Trinajstić information content (AvgIpc) is 3.11. The fraction of sp³-hybridized carbons (Fsp3) is 0.640. The summed E-state index contributed by atoms with van der Waals surface area (Å²) in [4.78, 5) is 34.0. The van der Waals surface area contributed by atoms with E-state index in [1.165, 1.54) is 0 Å². The van der Waals surface area contributed by atoms with Gasteiger partial charge in [-0.25, -0.2) is 9.78 Å². The van der Waals surface area contributed by atoms with E-state index in [0.29, 0.717) is 6.54 Å². The monoisotopic (exact) mass is 440 g/mol. The van der Waals surface area contributed by atoms with Crippen molar-refractivity contribution in [2.24, 2.45) is 5.41 Å². The number of carbonyl (C=O) groups excluding carboxylic acids is 2. The molecular formula is C25H36N4O3. The van der Waals surface area contributed by atoms with E-state index < -0.39 is 5.60 Å². The van der Waals surface area contributed by atoms with Crippen molar-refractivity contribution in [3.63, 3.8) is 0 Å². The summed E-state index contributed by atoms with van der Waals surface area (Å²) in [5.41, 5.74) is 1.76. The topological polar surface area (TPSA) is 67.7 Å². The Hall–Kier alpha value is -2.57. The van der Waals surface area contributed by atoms with Gasteiger partial charge in [-0.05, 0) is 64.0 Å². The van der Waals surface area contributed by atoms with Gasteiger partial charge in [0, 0.05) is 32.6 Å². The smallest absolute Gasteiger partial charge is 0.410 e. The van der Waals surface area contributed by atoms with Gasteiger partial charge in [0.2, 0.25) is 5.91 Å². The first-order valence-corrected chi connectivity index (χ1v) is 11.9. The largest absolute Gasteiger partial charge is 0.444 e. The number of piperidine rings is 2. The molecule has 1 aromatic heterocycles. The molecule has 2 aromatic rings. The minimum absolute atomic E-state index is 0.170. The molecule has 2 saturated heterocycles. The zero-order chi connectivity index (χ0) is 22.9. The first-order chi connectivity index (χ1) is 15.2. The van der Waals surface area contributed by atoms with Crippen LogP contribution in [0.1, 0.15) is 59.2 Å². The maximum absolute atomic E-state index is 13.1. The molecule has 0 atom stereocenters. The van der Waals surface area contributed by atoms with E-state index in [1.54, 1.807) is 0 Å². The number of ether oxygens (including phenoxy) is 1. The van der Waals surface area contributed by atoms with Crippen LogP contribution in [0.25, 0.3) is 11.0 Å². The van der Waals surface area contributed by atoms with E-state index in [1.807, 2.05) is 54.8 Å². The fourth-order valence-corrected chi connectivity index (χ4v) is 5.03. The van der Waals surface area contributed by atoms with Crippen molar-refractivity contribution in [1.82, 2.24) is 19.4 Å². The van der Waals surface area contributed by atoms with Gasteiger partial charge in [-0.1, -0.05) is 19.1 Å². The van der Waals surface area contributed by atoms with Gasteiger partial charge < -0.3 is 19.1 Å². The van der Waals surface area contributed by atoms with Gasteiger partial charge >= 0.3 is 6.09 Å². The second-order valence-corrected chi connectivity index (χ2v) is 10.3. The van der Waals surface area contributed by atoms with Crippen LogP contribution in [0.3, 0.4) is 0 Å². The number of likely N-dealkylation sites (tertiary alicyclic amines) is 2. The van der Waals surface area contributed by atoms with Crippen LogP contribution in [0.4, 0.5) is 4.79 Å². The highest BCUT2D eigenvalue weighted by molar-refractivity contribution is 5.81. The number of benzene rings is 1. The summed E-state index contributed by atoms with van der Waals surface area (Å²) >= 11 is 0. The molecule has 4 rings (SSSR count). The van der Waals surface area contributed by atoms with Crippen LogP contribution in [0.5, 0.6) is 0 Å².